The molecule has 1 heterocycles. The summed E-state index contributed by atoms with van der Waals surface area (Å²) in [4.78, 5) is 0. The first-order chi connectivity index (χ1) is 8.79. The van der Waals surface area contributed by atoms with Gasteiger partial charge in [-0.3, -0.25) is 0 Å². The van der Waals surface area contributed by atoms with Crippen molar-refractivity contribution in [3.05, 3.63) is 23.8 Å². The molecule has 1 N–H and O–H groups in total. The second-order valence-corrected chi connectivity index (χ2v) is 11.5. The van der Waals surface area contributed by atoms with E-state index in [1.807, 2.05) is 6.07 Å². The highest BCUT2D eigenvalue weighted by Crippen LogP contribution is 2.37. The van der Waals surface area contributed by atoms with Crippen molar-refractivity contribution in [3.63, 3.8) is 0 Å². The van der Waals surface area contributed by atoms with E-state index in [1.165, 1.54) is 5.56 Å². The van der Waals surface area contributed by atoms with E-state index in [-0.39, 0.29) is 5.04 Å². The van der Waals surface area contributed by atoms with Gasteiger partial charge >= 0.3 is 0 Å². The molecule has 0 fully saturated rings. The van der Waals surface area contributed by atoms with Gasteiger partial charge in [-0.05, 0) is 35.8 Å². The lowest BCUT2D eigenvalue weighted by Crippen LogP contribution is -2.40. The predicted octanol–water partition coefficient (Wildman–Crippen LogP) is 4.01. The molecule has 0 atom stereocenters. The number of rotatable bonds is 3. The van der Waals surface area contributed by atoms with Crippen LogP contribution in [0.15, 0.2) is 18.2 Å². The van der Waals surface area contributed by atoms with Crippen molar-refractivity contribution in [1.82, 2.24) is 0 Å². The Balaban J connectivity index is 2.04. The lowest BCUT2D eigenvalue weighted by molar-refractivity contribution is 0.276. The summed E-state index contributed by atoms with van der Waals surface area (Å²) in [5, 5.41) is 3.61. The summed E-state index contributed by atoms with van der Waals surface area (Å²) in [6, 6.07) is 6.27. The predicted molar refractivity (Wildman–Crippen MR) is 82.4 cm³/mol. The van der Waals surface area contributed by atoms with Crippen LogP contribution in [-0.4, -0.2) is 21.5 Å². The zero-order valence-corrected chi connectivity index (χ0v) is 13.7. The molecular formula is C15H25NO2Si. The minimum Gasteiger partial charge on any atom is -0.490 e. The van der Waals surface area contributed by atoms with E-state index in [9.17, 15) is 0 Å². The average molecular weight is 279 g/mol. The Morgan fingerprint density at radius 3 is 2.74 bits per heavy atom. The van der Waals surface area contributed by atoms with Gasteiger partial charge in [0.1, 0.15) is 12.4 Å². The molecule has 0 aliphatic carbocycles. The highest BCUT2D eigenvalue weighted by molar-refractivity contribution is 6.74. The molecule has 0 amide bonds. The van der Waals surface area contributed by atoms with E-state index < -0.39 is 8.32 Å². The van der Waals surface area contributed by atoms with Gasteiger partial charge in [-0.15, -0.1) is 0 Å². The monoisotopic (exact) mass is 279 g/mol. The molecule has 4 heteroatoms. The summed E-state index contributed by atoms with van der Waals surface area (Å²) in [5.41, 5.74) is 2.30. The quantitative estimate of drug-likeness (QED) is 0.848. The molecule has 2 rings (SSSR count). The fourth-order valence-electron chi connectivity index (χ4n) is 1.76. The van der Waals surface area contributed by atoms with Gasteiger partial charge in [-0.25, -0.2) is 0 Å². The van der Waals surface area contributed by atoms with Gasteiger partial charge in [0.05, 0.1) is 12.3 Å². The maximum Gasteiger partial charge on any atom is 0.192 e. The second kappa shape index (κ2) is 5.17. The van der Waals surface area contributed by atoms with Gasteiger partial charge in [-0.2, -0.15) is 0 Å². The van der Waals surface area contributed by atoms with Crippen LogP contribution in [0.2, 0.25) is 18.1 Å². The maximum absolute atomic E-state index is 6.24. The Morgan fingerprint density at radius 1 is 1.32 bits per heavy atom. The number of nitrogens with one attached hydrogen (secondary N) is 1. The first-order valence-electron chi connectivity index (χ1n) is 6.93. The Hall–Kier alpha value is -1.00. The number of anilines is 1. The van der Waals surface area contributed by atoms with Gasteiger partial charge in [0.25, 0.3) is 0 Å². The second-order valence-electron chi connectivity index (χ2n) is 6.65. The Labute approximate surface area is 117 Å². The van der Waals surface area contributed by atoms with E-state index >= 15 is 0 Å². The van der Waals surface area contributed by atoms with Crippen LogP contribution in [0.4, 0.5) is 5.69 Å². The summed E-state index contributed by atoms with van der Waals surface area (Å²) in [5.74, 6) is 0.947. The Morgan fingerprint density at radius 2 is 2.05 bits per heavy atom. The third-order valence-electron chi connectivity index (χ3n) is 4.12. The highest BCUT2D eigenvalue weighted by Gasteiger charge is 2.37. The molecule has 0 radical (unpaired) electrons. The Bertz CT molecular complexity index is 452. The summed E-state index contributed by atoms with van der Waals surface area (Å²) in [7, 11) is -1.67. The van der Waals surface area contributed by atoms with Gasteiger partial charge in [0.15, 0.2) is 8.32 Å². The molecule has 0 bridgehead atoms. The summed E-state index contributed by atoms with van der Waals surface area (Å²) in [6.07, 6.45) is 0. The minimum atomic E-state index is -1.67. The molecule has 106 valence electrons. The molecule has 0 saturated heterocycles. The minimum absolute atomic E-state index is 0.253. The molecule has 19 heavy (non-hydrogen) atoms. The number of hydrogen-bond donors (Lipinski definition) is 1. The maximum atomic E-state index is 6.24. The van der Waals surface area contributed by atoms with Crippen LogP contribution < -0.4 is 10.1 Å². The van der Waals surface area contributed by atoms with Crippen LogP contribution in [-0.2, 0) is 11.0 Å². The number of fused-ring (bicyclic) bond motifs is 1. The first kappa shape index (κ1) is 14.4. The highest BCUT2D eigenvalue weighted by atomic mass is 28.4. The summed E-state index contributed by atoms with van der Waals surface area (Å²) in [6.45, 7) is 13.7. The van der Waals surface area contributed by atoms with Gasteiger partial charge < -0.3 is 14.5 Å². The molecule has 3 nitrogen and oxygen atoms in total. The van der Waals surface area contributed by atoms with Crippen LogP contribution in [0.25, 0.3) is 0 Å². The molecular weight excluding hydrogens is 254 g/mol. The van der Waals surface area contributed by atoms with Crippen LogP contribution in [0.1, 0.15) is 26.3 Å². The van der Waals surface area contributed by atoms with Crippen molar-refractivity contribution >= 4 is 14.0 Å². The SMILES string of the molecule is CC(C)(C)[Si](C)(C)OCc1ccc2c(c1)NCCO2. The van der Waals surface area contributed by atoms with Crippen molar-refractivity contribution < 1.29 is 9.16 Å². The third kappa shape index (κ3) is 3.31. The molecule has 0 spiro atoms. The van der Waals surface area contributed by atoms with Crippen LogP contribution in [0.5, 0.6) is 5.75 Å². The topological polar surface area (TPSA) is 30.5 Å². The molecule has 1 aromatic carbocycles. The summed E-state index contributed by atoms with van der Waals surface area (Å²) < 4.78 is 11.8. The Kier molecular flexibility index (Phi) is 3.92. The van der Waals surface area contributed by atoms with E-state index in [0.29, 0.717) is 6.61 Å². The number of hydrogen-bond acceptors (Lipinski definition) is 3. The third-order valence-corrected chi connectivity index (χ3v) is 8.60. The van der Waals surface area contributed by atoms with Crippen molar-refractivity contribution in [2.24, 2.45) is 0 Å². The smallest absolute Gasteiger partial charge is 0.192 e. The van der Waals surface area contributed by atoms with Crippen LogP contribution in [0.3, 0.4) is 0 Å². The fourth-order valence-corrected chi connectivity index (χ4v) is 2.72. The van der Waals surface area contributed by atoms with Crippen molar-refractivity contribution in [1.29, 1.82) is 0 Å². The average Bonchev–Trinajstić information content (AvgIpc) is 2.35. The van der Waals surface area contributed by atoms with Gasteiger partial charge in [0, 0.05) is 6.54 Å². The largest absolute Gasteiger partial charge is 0.490 e. The van der Waals surface area contributed by atoms with Crippen LogP contribution in [0, 0.1) is 0 Å². The molecule has 0 unspecified atom stereocenters. The fraction of sp³-hybridized carbons (Fsp3) is 0.600. The van der Waals surface area contributed by atoms with E-state index in [0.717, 1.165) is 24.6 Å². The van der Waals surface area contributed by atoms with Crippen LogP contribution >= 0.6 is 0 Å². The first-order valence-corrected chi connectivity index (χ1v) is 9.84. The van der Waals surface area contributed by atoms with Crippen molar-refractivity contribution in [2.45, 2.75) is 45.5 Å². The zero-order chi connectivity index (χ0) is 14.1. The number of benzene rings is 1. The number of ether oxygens (including phenoxy) is 1. The van der Waals surface area contributed by atoms with Crippen molar-refractivity contribution in [2.75, 3.05) is 18.5 Å². The van der Waals surface area contributed by atoms with Gasteiger partial charge in [-0.1, -0.05) is 26.8 Å². The van der Waals surface area contributed by atoms with E-state index in [4.69, 9.17) is 9.16 Å². The van der Waals surface area contributed by atoms with Gasteiger partial charge in [0.2, 0.25) is 0 Å². The van der Waals surface area contributed by atoms with Crippen molar-refractivity contribution in [3.8, 4) is 5.75 Å². The molecule has 0 aromatic heterocycles. The molecule has 0 saturated carbocycles. The summed E-state index contributed by atoms with van der Waals surface area (Å²) >= 11 is 0. The molecule has 1 aliphatic rings. The molecule has 1 aromatic rings. The lowest BCUT2D eigenvalue weighted by Gasteiger charge is -2.36. The normalized spacial score (nSPS) is 15.4. The lowest BCUT2D eigenvalue weighted by atomic mass is 10.2. The van der Waals surface area contributed by atoms with E-state index in [2.05, 4.69) is 51.3 Å². The standard InChI is InChI=1S/C15H25NO2Si/c1-15(2,3)19(4,5)18-11-12-6-7-14-13(10-12)16-8-9-17-14/h6-7,10,16H,8-9,11H2,1-5H3. The zero-order valence-electron chi connectivity index (χ0n) is 12.7. The molecule has 1 aliphatic heterocycles. The van der Waals surface area contributed by atoms with E-state index in [1.54, 1.807) is 0 Å².